The Kier molecular flexibility index (Phi) is 12.1. The van der Waals surface area contributed by atoms with E-state index in [2.05, 4.69) is 65.7 Å². The molecule has 1 aliphatic rings. The summed E-state index contributed by atoms with van der Waals surface area (Å²) in [5, 5.41) is 11.5. The molecule has 1 saturated heterocycles. The molecule has 3 rings (SSSR count). The molecule has 0 spiro atoms. The SMILES string of the molecule is CCNC(=NCc1ccccc1CN1CCOCC1)NCc1c(C)nn(CCOC)c1C.I. The van der Waals surface area contributed by atoms with Gasteiger partial charge in [-0.3, -0.25) is 9.58 Å². The fourth-order valence-corrected chi connectivity index (χ4v) is 3.93. The van der Waals surface area contributed by atoms with E-state index in [4.69, 9.17) is 14.5 Å². The minimum Gasteiger partial charge on any atom is -0.383 e. The molecule has 0 atom stereocenters. The number of ether oxygens (including phenoxy) is 2. The molecular weight excluding hydrogens is 531 g/mol. The summed E-state index contributed by atoms with van der Waals surface area (Å²) in [4.78, 5) is 7.32. The van der Waals surface area contributed by atoms with Crippen molar-refractivity contribution in [1.82, 2.24) is 25.3 Å². The first-order valence-electron chi connectivity index (χ1n) is 11.5. The quantitative estimate of drug-likeness (QED) is 0.260. The van der Waals surface area contributed by atoms with Gasteiger partial charge in [0.25, 0.3) is 0 Å². The molecular formula is C24H39IN6O2. The van der Waals surface area contributed by atoms with E-state index in [0.717, 1.165) is 57.6 Å². The summed E-state index contributed by atoms with van der Waals surface area (Å²) in [5.74, 6) is 0.817. The normalized spacial score (nSPS) is 14.7. The van der Waals surface area contributed by atoms with Crippen molar-refractivity contribution in [3.05, 3.63) is 52.3 Å². The van der Waals surface area contributed by atoms with Crippen LogP contribution in [-0.2, 0) is 35.7 Å². The molecule has 33 heavy (non-hydrogen) atoms. The first-order valence-corrected chi connectivity index (χ1v) is 11.5. The van der Waals surface area contributed by atoms with Crippen LogP contribution in [0.3, 0.4) is 0 Å². The summed E-state index contributed by atoms with van der Waals surface area (Å²) in [5.41, 5.74) is 6.01. The Hall–Kier alpha value is -1.69. The Bertz CT molecular complexity index is 880. The number of aryl methyl sites for hydroxylation is 1. The van der Waals surface area contributed by atoms with Gasteiger partial charge in [0, 0.05) is 51.1 Å². The summed E-state index contributed by atoms with van der Waals surface area (Å²) < 4.78 is 12.7. The first-order chi connectivity index (χ1) is 15.6. The highest BCUT2D eigenvalue weighted by Gasteiger charge is 2.14. The van der Waals surface area contributed by atoms with E-state index in [9.17, 15) is 0 Å². The number of halogens is 1. The number of benzene rings is 1. The van der Waals surface area contributed by atoms with Crippen molar-refractivity contribution in [2.24, 2.45) is 4.99 Å². The molecule has 0 amide bonds. The van der Waals surface area contributed by atoms with Crippen LogP contribution < -0.4 is 10.6 Å². The number of aromatic nitrogens is 2. The molecule has 2 heterocycles. The number of nitrogens with zero attached hydrogens (tertiary/aromatic N) is 4. The van der Waals surface area contributed by atoms with Crippen molar-refractivity contribution >= 4 is 29.9 Å². The van der Waals surface area contributed by atoms with Crippen molar-refractivity contribution < 1.29 is 9.47 Å². The van der Waals surface area contributed by atoms with E-state index < -0.39 is 0 Å². The molecule has 0 aliphatic carbocycles. The van der Waals surface area contributed by atoms with Crippen molar-refractivity contribution in [1.29, 1.82) is 0 Å². The van der Waals surface area contributed by atoms with E-state index in [0.29, 0.717) is 19.7 Å². The van der Waals surface area contributed by atoms with Crippen molar-refractivity contribution in [3.8, 4) is 0 Å². The zero-order chi connectivity index (χ0) is 22.8. The number of hydrogen-bond acceptors (Lipinski definition) is 5. The zero-order valence-electron chi connectivity index (χ0n) is 20.4. The van der Waals surface area contributed by atoms with Gasteiger partial charge in [-0.25, -0.2) is 4.99 Å². The number of guanidine groups is 1. The standard InChI is InChI=1S/C24H38N6O2.HI/c1-5-25-24(27-17-23-19(2)28-30(20(23)3)12-13-31-4)26-16-21-8-6-7-9-22(21)18-29-10-14-32-15-11-29;/h6-9H,5,10-18H2,1-4H3,(H2,25,26,27);1H. The molecule has 184 valence electrons. The van der Waals surface area contributed by atoms with Gasteiger partial charge in [0.2, 0.25) is 0 Å². The molecule has 1 aromatic heterocycles. The van der Waals surface area contributed by atoms with Crippen LogP contribution in [0.5, 0.6) is 0 Å². The van der Waals surface area contributed by atoms with Gasteiger partial charge in [-0.2, -0.15) is 5.10 Å². The van der Waals surface area contributed by atoms with Crippen LogP contribution >= 0.6 is 24.0 Å². The molecule has 0 saturated carbocycles. The number of methoxy groups -OCH3 is 1. The summed E-state index contributed by atoms with van der Waals surface area (Å²) in [7, 11) is 1.71. The van der Waals surface area contributed by atoms with Gasteiger partial charge in [0.05, 0.1) is 38.6 Å². The maximum Gasteiger partial charge on any atom is 0.191 e. The largest absolute Gasteiger partial charge is 0.383 e. The van der Waals surface area contributed by atoms with E-state index in [-0.39, 0.29) is 24.0 Å². The average molecular weight is 571 g/mol. The van der Waals surface area contributed by atoms with Gasteiger partial charge < -0.3 is 20.1 Å². The van der Waals surface area contributed by atoms with Crippen molar-refractivity contribution in [2.45, 2.75) is 47.0 Å². The molecule has 8 nitrogen and oxygen atoms in total. The lowest BCUT2D eigenvalue weighted by molar-refractivity contribution is 0.0341. The monoisotopic (exact) mass is 570 g/mol. The van der Waals surface area contributed by atoms with Crippen LogP contribution in [0.1, 0.15) is 35.0 Å². The first kappa shape index (κ1) is 27.6. The minimum atomic E-state index is 0. The van der Waals surface area contributed by atoms with Gasteiger partial charge in [0.1, 0.15) is 0 Å². The summed E-state index contributed by atoms with van der Waals surface area (Å²) in [6.07, 6.45) is 0. The third-order valence-electron chi connectivity index (χ3n) is 5.84. The number of nitrogens with one attached hydrogen (secondary N) is 2. The molecule has 1 fully saturated rings. The number of aliphatic imine (C=N–C) groups is 1. The summed E-state index contributed by atoms with van der Waals surface area (Å²) in [6, 6.07) is 8.59. The van der Waals surface area contributed by atoms with Gasteiger partial charge in [0.15, 0.2) is 5.96 Å². The second-order valence-corrected chi connectivity index (χ2v) is 8.07. The van der Waals surface area contributed by atoms with Gasteiger partial charge in [-0.1, -0.05) is 24.3 Å². The molecule has 2 N–H and O–H groups in total. The van der Waals surface area contributed by atoms with Gasteiger partial charge >= 0.3 is 0 Å². The zero-order valence-corrected chi connectivity index (χ0v) is 22.7. The molecule has 2 aromatic rings. The summed E-state index contributed by atoms with van der Waals surface area (Å²) >= 11 is 0. The Morgan fingerprint density at radius 1 is 1.15 bits per heavy atom. The maximum absolute atomic E-state index is 5.48. The highest BCUT2D eigenvalue weighted by molar-refractivity contribution is 14.0. The molecule has 9 heteroatoms. The van der Waals surface area contributed by atoms with Crippen LogP contribution in [0.4, 0.5) is 0 Å². The number of morpholine rings is 1. The molecule has 0 bridgehead atoms. The van der Waals surface area contributed by atoms with E-state index in [1.165, 1.54) is 22.4 Å². The van der Waals surface area contributed by atoms with Gasteiger partial charge in [-0.05, 0) is 31.9 Å². The fourth-order valence-electron chi connectivity index (χ4n) is 3.93. The van der Waals surface area contributed by atoms with Crippen molar-refractivity contribution in [2.75, 3.05) is 46.6 Å². The predicted octanol–water partition coefficient (Wildman–Crippen LogP) is 2.85. The smallest absolute Gasteiger partial charge is 0.191 e. The fraction of sp³-hybridized carbons (Fsp3) is 0.583. The lowest BCUT2D eigenvalue weighted by Crippen LogP contribution is -2.37. The third-order valence-corrected chi connectivity index (χ3v) is 5.84. The van der Waals surface area contributed by atoms with Crippen LogP contribution in [-0.4, -0.2) is 67.2 Å². The maximum atomic E-state index is 5.48. The third kappa shape index (κ3) is 8.24. The Morgan fingerprint density at radius 2 is 1.88 bits per heavy atom. The topological polar surface area (TPSA) is 75.9 Å². The Labute approximate surface area is 215 Å². The van der Waals surface area contributed by atoms with Crippen molar-refractivity contribution in [3.63, 3.8) is 0 Å². The lowest BCUT2D eigenvalue weighted by Gasteiger charge is -2.27. The number of rotatable bonds is 10. The van der Waals surface area contributed by atoms with Crippen LogP contribution in [0.2, 0.25) is 0 Å². The second kappa shape index (κ2) is 14.5. The highest BCUT2D eigenvalue weighted by atomic mass is 127. The molecule has 0 radical (unpaired) electrons. The molecule has 1 aromatic carbocycles. The van der Waals surface area contributed by atoms with E-state index >= 15 is 0 Å². The highest BCUT2D eigenvalue weighted by Crippen LogP contribution is 2.15. The molecule has 0 unspecified atom stereocenters. The van der Waals surface area contributed by atoms with E-state index in [1.807, 2.05) is 4.68 Å². The van der Waals surface area contributed by atoms with Crippen LogP contribution in [0.15, 0.2) is 29.3 Å². The Morgan fingerprint density at radius 3 is 2.58 bits per heavy atom. The second-order valence-electron chi connectivity index (χ2n) is 8.07. The van der Waals surface area contributed by atoms with Crippen LogP contribution in [0.25, 0.3) is 0 Å². The minimum absolute atomic E-state index is 0. The number of hydrogen-bond donors (Lipinski definition) is 2. The Balaban J connectivity index is 0.00000385. The van der Waals surface area contributed by atoms with Gasteiger partial charge in [-0.15, -0.1) is 24.0 Å². The lowest BCUT2D eigenvalue weighted by atomic mass is 10.1. The van der Waals surface area contributed by atoms with Crippen LogP contribution in [0, 0.1) is 13.8 Å². The average Bonchev–Trinajstić information content (AvgIpc) is 3.08. The predicted molar refractivity (Wildman–Crippen MR) is 143 cm³/mol. The summed E-state index contributed by atoms with van der Waals surface area (Å²) in [6.45, 7) is 14.3. The van der Waals surface area contributed by atoms with E-state index in [1.54, 1.807) is 7.11 Å². The molecule has 1 aliphatic heterocycles.